The first kappa shape index (κ1) is 19.7. The third-order valence-electron chi connectivity index (χ3n) is 6.06. The molecular formula is C21H32N4O2. The first-order valence-corrected chi connectivity index (χ1v) is 10.2. The van der Waals surface area contributed by atoms with Crippen LogP contribution in [0.15, 0.2) is 30.3 Å². The van der Waals surface area contributed by atoms with E-state index in [1.165, 1.54) is 19.3 Å². The van der Waals surface area contributed by atoms with E-state index in [2.05, 4.69) is 10.6 Å². The predicted molar refractivity (Wildman–Crippen MR) is 107 cm³/mol. The molecule has 148 valence electrons. The number of anilines is 1. The van der Waals surface area contributed by atoms with Gasteiger partial charge in [0.15, 0.2) is 0 Å². The Labute approximate surface area is 161 Å². The van der Waals surface area contributed by atoms with Gasteiger partial charge in [0.2, 0.25) is 5.91 Å². The minimum Gasteiger partial charge on any atom is -0.353 e. The number of urea groups is 1. The number of carbonyl (C=O) groups is 2. The summed E-state index contributed by atoms with van der Waals surface area (Å²) in [5.74, 6) is 0.120. The van der Waals surface area contributed by atoms with Gasteiger partial charge in [0.1, 0.15) is 0 Å². The Morgan fingerprint density at radius 1 is 1.07 bits per heavy atom. The fraction of sp³-hybridized carbons (Fsp3) is 0.619. The summed E-state index contributed by atoms with van der Waals surface area (Å²) in [4.78, 5) is 26.7. The molecule has 27 heavy (non-hydrogen) atoms. The number of hydrogen-bond acceptors (Lipinski definition) is 3. The lowest BCUT2D eigenvalue weighted by Crippen LogP contribution is -2.49. The molecule has 1 heterocycles. The minimum atomic E-state index is -0.0738. The number of carbonyl (C=O) groups excluding carboxylic acids is 2. The molecule has 3 rings (SSSR count). The molecule has 2 aliphatic rings. The van der Waals surface area contributed by atoms with Crippen LogP contribution >= 0.6 is 0 Å². The molecule has 1 aromatic carbocycles. The van der Waals surface area contributed by atoms with Gasteiger partial charge in [-0.2, -0.15) is 0 Å². The molecular weight excluding hydrogens is 340 g/mol. The van der Waals surface area contributed by atoms with Crippen molar-refractivity contribution in [2.24, 2.45) is 11.1 Å². The highest BCUT2D eigenvalue weighted by atomic mass is 16.2. The van der Waals surface area contributed by atoms with Crippen LogP contribution < -0.4 is 16.4 Å². The molecule has 4 N–H and O–H groups in total. The van der Waals surface area contributed by atoms with E-state index in [0.29, 0.717) is 26.1 Å². The minimum absolute atomic E-state index is 0.00138. The number of amides is 3. The highest BCUT2D eigenvalue weighted by molar-refractivity contribution is 5.89. The van der Waals surface area contributed by atoms with Gasteiger partial charge in [-0.1, -0.05) is 37.5 Å². The number of nitrogens with zero attached hydrogens (tertiary/aromatic N) is 1. The van der Waals surface area contributed by atoms with E-state index in [9.17, 15) is 9.59 Å². The maximum atomic E-state index is 12.5. The summed E-state index contributed by atoms with van der Waals surface area (Å²) in [5, 5.41) is 6.10. The number of nitrogens with two attached hydrogens (primary N) is 1. The van der Waals surface area contributed by atoms with Crippen molar-refractivity contribution in [2.75, 3.05) is 25.0 Å². The summed E-state index contributed by atoms with van der Waals surface area (Å²) in [5.41, 5.74) is 6.81. The second kappa shape index (κ2) is 9.22. The van der Waals surface area contributed by atoms with Crippen LogP contribution in [0.4, 0.5) is 10.5 Å². The van der Waals surface area contributed by atoms with Crippen molar-refractivity contribution in [1.82, 2.24) is 10.2 Å². The van der Waals surface area contributed by atoms with Crippen LogP contribution in [0.2, 0.25) is 0 Å². The van der Waals surface area contributed by atoms with Gasteiger partial charge in [-0.3, -0.25) is 4.79 Å². The summed E-state index contributed by atoms with van der Waals surface area (Å²) in [6.45, 7) is 1.91. The quantitative estimate of drug-likeness (QED) is 0.742. The first-order valence-electron chi connectivity index (χ1n) is 10.2. The molecule has 0 unspecified atom stereocenters. The summed E-state index contributed by atoms with van der Waals surface area (Å²) in [7, 11) is 0. The zero-order chi connectivity index (χ0) is 19.1. The summed E-state index contributed by atoms with van der Waals surface area (Å²) >= 11 is 0. The zero-order valence-electron chi connectivity index (χ0n) is 16.1. The van der Waals surface area contributed by atoms with Gasteiger partial charge in [0.25, 0.3) is 0 Å². The van der Waals surface area contributed by atoms with Crippen LogP contribution in [0.25, 0.3) is 0 Å². The fourth-order valence-corrected chi connectivity index (χ4v) is 4.33. The highest BCUT2D eigenvalue weighted by Gasteiger charge is 2.34. The van der Waals surface area contributed by atoms with Crippen molar-refractivity contribution in [3.05, 3.63) is 30.3 Å². The van der Waals surface area contributed by atoms with Gasteiger partial charge in [0.05, 0.1) is 0 Å². The van der Waals surface area contributed by atoms with Crippen LogP contribution in [0.1, 0.15) is 51.4 Å². The van der Waals surface area contributed by atoms with Crippen LogP contribution in [0, 0.1) is 5.41 Å². The molecule has 1 saturated carbocycles. The Morgan fingerprint density at radius 2 is 1.74 bits per heavy atom. The first-order chi connectivity index (χ1) is 13.1. The molecule has 3 amide bonds. The lowest BCUT2D eigenvalue weighted by atomic mass is 9.71. The molecule has 1 aliphatic heterocycles. The number of piperidine rings is 1. The largest absolute Gasteiger partial charge is 0.353 e. The van der Waals surface area contributed by atoms with Gasteiger partial charge in [-0.25, -0.2) is 4.79 Å². The van der Waals surface area contributed by atoms with Crippen LogP contribution in [0.3, 0.4) is 0 Å². The van der Waals surface area contributed by atoms with Gasteiger partial charge in [-0.05, 0) is 49.8 Å². The molecule has 6 heteroatoms. The summed E-state index contributed by atoms with van der Waals surface area (Å²) in [6, 6.07) is 9.56. The predicted octanol–water partition coefficient (Wildman–Crippen LogP) is 3.10. The third-order valence-corrected chi connectivity index (χ3v) is 6.06. The number of benzene rings is 1. The number of para-hydroxylation sites is 1. The Bertz CT molecular complexity index is 620. The van der Waals surface area contributed by atoms with Gasteiger partial charge in [-0.15, -0.1) is 0 Å². The van der Waals surface area contributed by atoms with Gasteiger partial charge in [0, 0.05) is 31.2 Å². The molecule has 0 atom stereocenters. The summed E-state index contributed by atoms with van der Waals surface area (Å²) in [6.07, 6.45) is 7.88. The maximum Gasteiger partial charge on any atom is 0.321 e. The summed E-state index contributed by atoms with van der Waals surface area (Å²) < 4.78 is 0. The Morgan fingerprint density at radius 3 is 2.37 bits per heavy atom. The second-order valence-corrected chi connectivity index (χ2v) is 8.07. The molecule has 6 nitrogen and oxygen atoms in total. The van der Waals surface area contributed by atoms with E-state index >= 15 is 0 Å². The lowest BCUT2D eigenvalue weighted by molar-refractivity contribution is -0.124. The Kier molecular flexibility index (Phi) is 6.72. The van der Waals surface area contributed by atoms with Crippen molar-refractivity contribution >= 4 is 17.6 Å². The molecule has 2 fully saturated rings. The van der Waals surface area contributed by atoms with Crippen LogP contribution in [-0.4, -0.2) is 42.5 Å². The van der Waals surface area contributed by atoms with Gasteiger partial charge < -0.3 is 21.3 Å². The number of hydrogen-bond donors (Lipinski definition) is 3. The van der Waals surface area contributed by atoms with Crippen molar-refractivity contribution in [2.45, 2.75) is 57.4 Å². The number of rotatable bonds is 5. The van der Waals surface area contributed by atoms with E-state index in [1.807, 2.05) is 35.2 Å². The molecule has 0 aromatic heterocycles. The molecule has 0 bridgehead atoms. The Balaban J connectivity index is 1.42. The van der Waals surface area contributed by atoms with Crippen molar-refractivity contribution < 1.29 is 9.59 Å². The maximum absolute atomic E-state index is 12.5. The average Bonchev–Trinajstić information content (AvgIpc) is 2.70. The standard InChI is InChI=1S/C21H32N4O2/c22-16-21(11-5-2-6-12-21)15-19(26)23-18-9-13-25(14-10-18)20(27)24-17-7-3-1-4-8-17/h1,3-4,7-8,18H,2,5-6,9-16,22H2,(H,23,26)(H,24,27). The SMILES string of the molecule is NCC1(CC(=O)NC2CCN(C(=O)Nc3ccccc3)CC2)CCCCC1. The Hall–Kier alpha value is -2.08. The van der Waals surface area contributed by atoms with Crippen molar-refractivity contribution in [1.29, 1.82) is 0 Å². The molecule has 0 radical (unpaired) electrons. The smallest absolute Gasteiger partial charge is 0.321 e. The van der Waals surface area contributed by atoms with E-state index < -0.39 is 0 Å². The van der Waals surface area contributed by atoms with E-state index in [1.54, 1.807) is 0 Å². The van der Waals surface area contributed by atoms with E-state index in [0.717, 1.165) is 31.4 Å². The normalized spacial score (nSPS) is 20.1. The highest BCUT2D eigenvalue weighted by Crippen LogP contribution is 2.38. The monoisotopic (exact) mass is 372 g/mol. The zero-order valence-corrected chi connectivity index (χ0v) is 16.1. The third kappa shape index (κ3) is 5.45. The van der Waals surface area contributed by atoms with Crippen molar-refractivity contribution in [3.63, 3.8) is 0 Å². The van der Waals surface area contributed by atoms with Crippen LogP contribution in [-0.2, 0) is 4.79 Å². The number of likely N-dealkylation sites (tertiary alicyclic amines) is 1. The van der Waals surface area contributed by atoms with E-state index in [4.69, 9.17) is 5.73 Å². The lowest BCUT2D eigenvalue weighted by Gasteiger charge is -2.37. The molecule has 1 saturated heterocycles. The molecule has 1 aliphatic carbocycles. The fourth-order valence-electron chi connectivity index (χ4n) is 4.33. The van der Waals surface area contributed by atoms with Crippen molar-refractivity contribution in [3.8, 4) is 0 Å². The molecule has 0 spiro atoms. The number of nitrogens with one attached hydrogen (secondary N) is 2. The topological polar surface area (TPSA) is 87.5 Å². The van der Waals surface area contributed by atoms with E-state index in [-0.39, 0.29) is 23.4 Å². The molecule has 1 aromatic rings. The van der Waals surface area contributed by atoms with Crippen LogP contribution in [0.5, 0.6) is 0 Å². The average molecular weight is 373 g/mol. The van der Waals surface area contributed by atoms with Gasteiger partial charge >= 0.3 is 6.03 Å². The second-order valence-electron chi connectivity index (χ2n) is 8.07.